The van der Waals surface area contributed by atoms with E-state index in [9.17, 15) is 19.8 Å². The van der Waals surface area contributed by atoms with Gasteiger partial charge in [0.05, 0.1) is 23.4 Å². The van der Waals surface area contributed by atoms with Crippen molar-refractivity contribution in [3.8, 4) is 0 Å². The van der Waals surface area contributed by atoms with Gasteiger partial charge in [-0.3, -0.25) is 14.9 Å². The smallest absolute Gasteiger partial charge is 0.861 e. The predicted molar refractivity (Wildman–Crippen MR) is 193 cm³/mol. The third kappa shape index (κ3) is 9.81. The first-order valence-electron chi connectivity index (χ1n) is 17.0. The number of benzene rings is 5. The number of para-hydroxylation sites is 1. The number of carbonyl (C=O) groups is 2. The minimum atomic E-state index is -1.59. The maximum Gasteiger partial charge on any atom is 2.00 e. The summed E-state index contributed by atoms with van der Waals surface area (Å²) in [7, 11) is 0. The van der Waals surface area contributed by atoms with Crippen LogP contribution in [0.3, 0.4) is 0 Å². The standard InChI is InChI=1S/C42H40N4O5.Ni/c47-40(36-26-15-27-46(36)28-30-16-5-1-6-17-30)43-35-25-14-13-24-34(35)37(32-20-9-3-10-21-32)44-39(41(48)49)38(33-22-11-4-12-23-33)45-42(50)51-29-31-18-7-2-8-19-31;/h1-14,16-25,36,38-39H,15,26-29H2,(H,43,47)(H,45,50)(H,48,49);/q;+2/p-2/t36-,38+,39-;/m0./s1. The Morgan fingerprint density at radius 2 is 1.35 bits per heavy atom. The zero-order chi connectivity index (χ0) is 35.4. The normalized spacial score (nSPS) is 16.0. The monoisotopic (exact) mass is 736 g/mol. The Labute approximate surface area is 313 Å². The van der Waals surface area contributed by atoms with E-state index in [0.717, 1.165) is 24.1 Å². The Kier molecular flexibility index (Phi) is 13.5. The van der Waals surface area contributed by atoms with Gasteiger partial charge in [-0.05, 0) is 48.0 Å². The number of hydrogen-bond acceptors (Lipinski definition) is 8. The summed E-state index contributed by atoms with van der Waals surface area (Å²) < 4.78 is 5.47. The quantitative estimate of drug-likeness (QED) is 0.0985. The summed E-state index contributed by atoms with van der Waals surface area (Å²) in [6, 6.07) is 40.9. The summed E-state index contributed by atoms with van der Waals surface area (Å²) in [5, 5.41) is 29.6. The van der Waals surface area contributed by atoms with Gasteiger partial charge in [-0.25, -0.2) is 4.79 Å². The minimum absolute atomic E-state index is 0. The molecule has 1 aliphatic heterocycles. The Morgan fingerprint density at radius 1 is 0.769 bits per heavy atom. The van der Waals surface area contributed by atoms with E-state index < -0.39 is 24.1 Å². The van der Waals surface area contributed by atoms with E-state index >= 15 is 0 Å². The van der Waals surface area contributed by atoms with Crippen LogP contribution in [0.5, 0.6) is 0 Å². The van der Waals surface area contributed by atoms with E-state index in [1.54, 1.807) is 66.7 Å². The summed E-state index contributed by atoms with van der Waals surface area (Å²) in [6.07, 6.45) is 0.758. The molecule has 0 unspecified atom stereocenters. The van der Waals surface area contributed by atoms with Crippen LogP contribution < -0.4 is 15.5 Å². The van der Waals surface area contributed by atoms with Gasteiger partial charge in [0.15, 0.2) is 0 Å². The van der Waals surface area contributed by atoms with Gasteiger partial charge in [-0.15, -0.1) is 0 Å². The van der Waals surface area contributed by atoms with Crippen LogP contribution >= 0.6 is 0 Å². The minimum Gasteiger partial charge on any atom is -0.861 e. The third-order valence-corrected chi connectivity index (χ3v) is 8.78. The number of carboxylic acids is 1. The van der Waals surface area contributed by atoms with Crippen LogP contribution in [0.4, 0.5) is 10.5 Å². The first-order valence-corrected chi connectivity index (χ1v) is 17.0. The predicted octanol–water partition coefficient (Wildman–Crippen LogP) is 5.36. The molecule has 1 fully saturated rings. The summed E-state index contributed by atoms with van der Waals surface area (Å²) in [5.41, 5.74) is 4.10. The van der Waals surface area contributed by atoms with E-state index in [1.165, 1.54) is 0 Å². The molecule has 9 nitrogen and oxygen atoms in total. The molecule has 1 amide bonds. The van der Waals surface area contributed by atoms with Crippen LogP contribution in [-0.2, 0) is 39.2 Å². The van der Waals surface area contributed by atoms with Crippen molar-refractivity contribution in [2.45, 2.75) is 44.1 Å². The number of rotatable bonds is 13. The van der Waals surface area contributed by atoms with Gasteiger partial charge in [0.1, 0.15) is 12.6 Å². The molecule has 5 aromatic rings. The van der Waals surface area contributed by atoms with Crippen molar-refractivity contribution in [3.05, 3.63) is 173 Å². The molecule has 3 atom stereocenters. The van der Waals surface area contributed by atoms with Crippen LogP contribution in [0, 0.1) is 0 Å². The molecule has 1 aliphatic rings. The Balaban J connectivity index is 0.00000523. The molecule has 52 heavy (non-hydrogen) atoms. The number of amides is 1. The van der Waals surface area contributed by atoms with Crippen LogP contribution in [0.1, 0.15) is 46.7 Å². The molecular weight excluding hydrogens is 699 g/mol. The van der Waals surface area contributed by atoms with E-state index in [4.69, 9.17) is 9.73 Å². The van der Waals surface area contributed by atoms with Crippen LogP contribution in [-0.4, -0.2) is 47.2 Å². The molecule has 1 saturated heterocycles. The van der Waals surface area contributed by atoms with Crippen LogP contribution in [0.2, 0.25) is 0 Å². The van der Waals surface area contributed by atoms with E-state index in [-0.39, 0.29) is 40.7 Å². The van der Waals surface area contributed by atoms with Gasteiger partial charge in [0.25, 0.3) is 0 Å². The van der Waals surface area contributed by atoms with Crippen LogP contribution in [0.25, 0.3) is 0 Å². The molecule has 10 heteroatoms. The second-order valence-electron chi connectivity index (χ2n) is 12.3. The number of likely N-dealkylation sites (tertiary alicyclic amines) is 1. The summed E-state index contributed by atoms with van der Waals surface area (Å²) in [5.74, 6) is -1.78. The zero-order valence-electron chi connectivity index (χ0n) is 28.3. The zero-order valence-corrected chi connectivity index (χ0v) is 29.3. The Bertz CT molecular complexity index is 1960. The molecule has 6 rings (SSSR count). The molecule has 0 spiro atoms. The molecule has 0 aliphatic carbocycles. The molecule has 5 aromatic carbocycles. The second kappa shape index (κ2) is 18.6. The topological polar surface area (TPSA) is 129 Å². The fourth-order valence-electron chi connectivity index (χ4n) is 6.27. The fourth-order valence-corrected chi connectivity index (χ4v) is 6.27. The van der Waals surface area contributed by atoms with Gasteiger partial charge in [-0.1, -0.05) is 140 Å². The van der Waals surface area contributed by atoms with Crippen LogP contribution in [0.15, 0.2) is 156 Å². The van der Waals surface area contributed by atoms with Crippen molar-refractivity contribution in [1.29, 1.82) is 0 Å². The summed E-state index contributed by atoms with van der Waals surface area (Å²) >= 11 is 0. The average molecular weight is 737 g/mol. The molecule has 0 radical (unpaired) electrons. The summed E-state index contributed by atoms with van der Waals surface area (Å²) in [6.45, 7) is 1.42. The van der Waals surface area contributed by atoms with Crippen molar-refractivity contribution in [2.75, 3.05) is 6.54 Å². The first kappa shape index (κ1) is 37.7. The van der Waals surface area contributed by atoms with Crippen molar-refractivity contribution in [2.24, 2.45) is 9.98 Å². The number of nitrogens with zero attached hydrogens (tertiary/aromatic N) is 3. The maximum absolute atomic E-state index is 13.8. The number of aliphatic imine (C=N–C) groups is 2. The number of carbonyl (C=O) groups excluding carboxylic acids is 2. The number of ether oxygens (including phenoxy) is 1. The third-order valence-electron chi connectivity index (χ3n) is 8.78. The van der Waals surface area contributed by atoms with E-state index in [2.05, 4.69) is 15.2 Å². The largest absolute Gasteiger partial charge is 2.00 e. The van der Waals surface area contributed by atoms with Crippen molar-refractivity contribution >= 4 is 29.4 Å². The molecular formula is C42H38N4NiO5. The number of nitrogens with one attached hydrogen (secondary N) is 1. The molecule has 0 aromatic heterocycles. The van der Waals surface area contributed by atoms with E-state index in [0.29, 0.717) is 35.3 Å². The van der Waals surface area contributed by atoms with Crippen molar-refractivity contribution in [1.82, 2.24) is 10.2 Å². The van der Waals surface area contributed by atoms with Crippen molar-refractivity contribution < 1.29 is 41.0 Å². The second-order valence-corrected chi connectivity index (χ2v) is 12.3. The number of hydrogen-bond donors (Lipinski definition) is 1. The maximum atomic E-state index is 13.8. The van der Waals surface area contributed by atoms with E-state index in [1.807, 2.05) is 78.9 Å². The molecule has 1 heterocycles. The summed E-state index contributed by atoms with van der Waals surface area (Å²) in [4.78, 5) is 37.7. The average Bonchev–Trinajstić information content (AvgIpc) is 3.64. The number of alkyl carbamates (subject to hydrolysis) is 1. The Hall–Kier alpha value is -5.57. The fraction of sp³-hybridized carbons (Fsp3) is 0.190. The van der Waals surface area contributed by atoms with Gasteiger partial charge in [-0.2, -0.15) is 0 Å². The first-order chi connectivity index (χ1) is 25.0. The van der Waals surface area contributed by atoms with Gasteiger partial charge in [0.2, 0.25) is 0 Å². The SMILES string of the molecule is O=C(N[C@H](c1ccccc1)[C@H](N=C(c1ccccc1)c1ccccc1N=C([O-])[C@@H]1CCCN1Cc1ccccc1)C(=O)[O-])OCc1ccccc1.[Ni+2]. The van der Waals surface area contributed by atoms with Crippen molar-refractivity contribution in [3.63, 3.8) is 0 Å². The van der Waals surface area contributed by atoms with Gasteiger partial charge >= 0.3 is 22.6 Å². The molecule has 0 saturated carbocycles. The molecule has 266 valence electrons. The molecule has 1 N–H and O–H groups in total. The van der Waals surface area contributed by atoms with Gasteiger partial charge < -0.3 is 25.1 Å². The number of carboxylic acid groups (broad SMARTS) is 1. The Morgan fingerprint density at radius 3 is 2.00 bits per heavy atom. The van der Waals surface area contributed by atoms with Gasteiger partial charge in [0, 0.05) is 23.7 Å². The number of aliphatic carboxylic acids is 1. The molecule has 0 bridgehead atoms.